The predicted molar refractivity (Wildman–Crippen MR) is 143 cm³/mol. The summed E-state index contributed by atoms with van der Waals surface area (Å²) < 4.78 is 56.7. The van der Waals surface area contributed by atoms with Crippen LogP contribution in [0, 0.1) is 6.92 Å². The van der Waals surface area contributed by atoms with Crippen molar-refractivity contribution >= 4 is 49.1 Å². The van der Waals surface area contributed by atoms with Crippen LogP contribution in [0.15, 0.2) is 81.4 Å². The van der Waals surface area contributed by atoms with E-state index in [1.54, 1.807) is 36.1 Å². The van der Waals surface area contributed by atoms with Crippen LogP contribution < -0.4 is 9.44 Å². The minimum Gasteiger partial charge on any atom is -0.339 e. The van der Waals surface area contributed by atoms with Crippen molar-refractivity contribution < 1.29 is 21.6 Å². The molecule has 0 aliphatic carbocycles. The number of hydrogen-bond acceptors (Lipinski definition) is 6. The minimum atomic E-state index is -4.02. The maximum atomic E-state index is 13.1. The fourth-order valence-electron chi connectivity index (χ4n) is 3.92. The molecule has 1 heterocycles. The standard InChI is InChI=1S/C25H27N3O5S3/c1-18-7-3-4-8-23(18)27-35(30,31)20-11-9-19(10-12-20)26-36(32,33)21-13-14-24(34-2)22(17-21)25(29)28-15-5-6-16-28/h3-4,7-14,17,26-27H,5-6,15-16H2,1-2H3. The lowest BCUT2D eigenvalue weighted by Gasteiger charge is -2.18. The van der Waals surface area contributed by atoms with Crippen LogP contribution in [0.1, 0.15) is 28.8 Å². The number of para-hydroxylation sites is 1. The van der Waals surface area contributed by atoms with Crippen LogP contribution in [0.4, 0.5) is 11.4 Å². The van der Waals surface area contributed by atoms with Crippen molar-refractivity contribution in [1.29, 1.82) is 0 Å². The topological polar surface area (TPSA) is 113 Å². The Balaban J connectivity index is 1.54. The molecule has 0 bridgehead atoms. The Labute approximate surface area is 216 Å². The number of rotatable bonds is 8. The van der Waals surface area contributed by atoms with E-state index in [2.05, 4.69) is 9.44 Å². The molecule has 1 aliphatic heterocycles. The molecule has 0 atom stereocenters. The maximum absolute atomic E-state index is 13.1. The molecule has 4 rings (SSSR count). The molecule has 0 aromatic heterocycles. The number of benzene rings is 3. The van der Waals surface area contributed by atoms with E-state index in [-0.39, 0.29) is 21.4 Å². The zero-order valence-electron chi connectivity index (χ0n) is 19.9. The molecule has 8 nitrogen and oxygen atoms in total. The summed E-state index contributed by atoms with van der Waals surface area (Å²) >= 11 is 1.39. The molecule has 0 spiro atoms. The number of sulfonamides is 2. The zero-order valence-corrected chi connectivity index (χ0v) is 22.3. The lowest BCUT2D eigenvalue weighted by molar-refractivity contribution is 0.0789. The fourth-order valence-corrected chi connectivity index (χ4v) is 6.70. The van der Waals surface area contributed by atoms with Gasteiger partial charge in [-0.2, -0.15) is 0 Å². The fraction of sp³-hybridized carbons (Fsp3) is 0.240. The summed E-state index contributed by atoms with van der Waals surface area (Å²) in [4.78, 5) is 15.4. The largest absolute Gasteiger partial charge is 0.339 e. The molecule has 0 unspecified atom stereocenters. The monoisotopic (exact) mass is 545 g/mol. The Kier molecular flexibility index (Phi) is 7.62. The first-order valence-corrected chi connectivity index (χ1v) is 15.5. The number of carbonyl (C=O) groups excluding carboxylic acids is 1. The second-order valence-electron chi connectivity index (χ2n) is 8.41. The summed E-state index contributed by atoms with van der Waals surface area (Å²) in [5.74, 6) is -0.176. The van der Waals surface area contributed by atoms with Crippen molar-refractivity contribution in [1.82, 2.24) is 4.90 Å². The number of nitrogens with zero attached hydrogens (tertiary/aromatic N) is 1. The number of anilines is 2. The molecule has 1 saturated heterocycles. The van der Waals surface area contributed by atoms with E-state index in [0.717, 1.165) is 18.4 Å². The third-order valence-electron chi connectivity index (χ3n) is 5.91. The number of thioether (sulfide) groups is 1. The van der Waals surface area contributed by atoms with Crippen LogP contribution in [0.3, 0.4) is 0 Å². The molecule has 3 aromatic rings. The summed E-state index contributed by atoms with van der Waals surface area (Å²) in [6, 6.07) is 16.9. The van der Waals surface area contributed by atoms with Crippen molar-refractivity contribution in [3.05, 3.63) is 77.9 Å². The first kappa shape index (κ1) is 26.1. The predicted octanol–water partition coefficient (Wildman–Crippen LogP) is 4.55. The van der Waals surface area contributed by atoms with E-state index in [0.29, 0.717) is 29.2 Å². The third-order valence-corrected chi connectivity index (χ3v) is 9.47. The SMILES string of the molecule is CSc1ccc(S(=O)(=O)Nc2ccc(S(=O)(=O)Nc3ccccc3C)cc2)cc1C(=O)N1CCCC1. The molecule has 1 aliphatic rings. The number of aryl methyl sites for hydroxylation is 1. The molecule has 3 aromatic carbocycles. The number of nitrogens with one attached hydrogen (secondary N) is 2. The Morgan fingerprint density at radius 1 is 0.833 bits per heavy atom. The Morgan fingerprint density at radius 3 is 2.08 bits per heavy atom. The van der Waals surface area contributed by atoms with Gasteiger partial charge in [-0.1, -0.05) is 18.2 Å². The highest BCUT2D eigenvalue weighted by Crippen LogP contribution is 2.28. The number of hydrogen-bond donors (Lipinski definition) is 2. The molecular formula is C25H27N3O5S3. The summed E-state index contributed by atoms with van der Waals surface area (Å²) in [6.07, 6.45) is 3.71. The number of likely N-dealkylation sites (tertiary alicyclic amines) is 1. The van der Waals surface area contributed by atoms with Gasteiger partial charge in [0, 0.05) is 23.7 Å². The van der Waals surface area contributed by atoms with Gasteiger partial charge < -0.3 is 4.90 Å². The van der Waals surface area contributed by atoms with E-state index in [1.165, 1.54) is 48.2 Å². The average molecular weight is 546 g/mol. The van der Waals surface area contributed by atoms with Crippen molar-refractivity contribution in [2.24, 2.45) is 0 Å². The van der Waals surface area contributed by atoms with Gasteiger partial charge in [0.2, 0.25) is 0 Å². The van der Waals surface area contributed by atoms with E-state index in [9.17, 15) is 21.6 Å². The second-order valence-corrected chi connectivity index (χ2v) is 12.6. The van der Waals surface area contributed by atoms with Gasteiger partial charge in [0.15, 0.2) is 0 Å². The highest BCUT2D eigenvalue weighted by atomic mass is 32.2. The highest BCUT2D eigenvalue weighted by Gasteiger charge is 2.25. The van der Waals surface area contributed by atoms with Crippen LogP contribution in [0.25, 0.3) is 0 Å². The van der Waals surface area contributed by atoms with Gasteiger partial charge in [-0.25, -0.2) is 16.8 Å². The van der Waals surface area contributed by atoms with Crippen LogP contribution in [0.2, 0.25) is 0 Å². The molecule has 0 radical (unpaired) electrons. The molecular weight excluding hydrogens is 518 g/mol. The average Bonchev–Trinajstić information content (AvgIpc) is 3.40. The molecule has 1 fully saturated rings. The molecule has 11 heteroatoms. The highest BCUT2D eigenvalue weighted by molar-refractivity contribution is 7.98. The summed E-state index contributed by atoms with van der Waals surface area (Å²) in [5.41, 5.74) is 1.80. The van der Waals surface area contributed by atoms with Gasteiger partial charge in [0.05, 0.1) is 21.0 Å². The van der Waals surface area contributed by atoms with E-state index >= 15 is 0 Å². The number of amides is 1. The molecule has 36 heavy (non-hydrogen) atoms. The minimum absolute atomic E-state index is 0.00322. The Hall–Kier alpha value is -3.02. The third kappa shape index (κ3) is 5.69. The normalized spacial score (nSPS) is 14.0. The Bertz CT molecular complexity index is 1480. The van der Waals surface area contributed by atoms with Gasteiger partial charge in [0.1, 0.15) is 0 Å². The molecule has 0 saturated carbocycles. The molecule has 2 N–H and O–H groups in total. The van der Waals surface area contributed by atoms with Gasteiger partial charge in [0.25, 0.3) is 26.0 Å². The Morgan fingerprint density at radius 2 is 1.44 bits per heavy atom. The first-order valence-electron chi connectivity index (χ1n) is 11.3. The van der Waals surface area contributed by atoms with Crippen molar-refractivity contribution in [2.75, 3.05) is 28.8 Å². The lowest BCUT2D eigenvalue weighted by Crippen LogP contribution is -2.28. The zero-order chi connectivity index (χ0) is 25.9. The summed E-state index contributed by atoms with van der Waals surface area (Å²) in [6.45, 7) is 3.12. The van der Waals surface area contributed by atoms with Crippen LogP contribution in [0.5, 0.6) is 0 Å². The van der Waals surface area contributed by atoms with Crippen LogP contribution in [-0.4, -0.2) is 47.0 Å². The van der Waals surface area contributed by atoms with Crippen molar-refractivity contribution in [3.63, 3.8) is 0 Å². The van der Waals surface area contributed by atoms with Gasteiger partial charge in [-0.3, -0.25) is 14.2 Å². The van der Waals surface area contributed by atoms with E-state index < -0.39 is 20.0 Å². The lowest BCUT2D eigenvalue weighted by atomic mass is 10.2. The van der Waals surface area contributed by atoms with Crippen molar-refractivity contribution in [2.45, 2.75) is 34.5 Å². The smallest absolute Gasteiger partial charge is 0.261 e. The first-order chi connectivity index (χ1) is 17.1. The van der Waals surface area contributed by atoms with E-state index in [4.69, 9.17) is 0 Å². The summed E-state index contributed by atoms with van der Waals surface area (Å²) in [5, 5.41) is 0. The quantitative estimate of drug-likeness (QED) is 0.402. The van der Waals surface area contributed by atoms with Gasteiger partial charge >= 0.3 is 0 Å². The summed E-state index contributed by atoms with van der Waals surface area (Å²) in [7, 11) is -7.87. The van der Waals surface area contributed by atoms with Gasteiger partial charge in [-0.15, -0.1) is 11.8 Å². The van der Waals surface area contributed by atoms with E-state index in [1.807, 2.05) is 12.3 Å². The molecule has 1 amide bonds. The van der Waals surface area contributed by atoms with Crippen molar-refractivity contribution in [3.8, 4) is 0 Å². The van der Waals surface area contributed by atoms with Crippen LogP contribution >= 0.6 is 11.8 Å². The maximum Gasteiger partial charge on any atom is 0.261 e. The number of carbonyl (C=O) groups is 1. The van der Waals surface area contributed by atoms with Gasteiger partial charge in [-0.05, 0) is 80.1 Å². The molecule has 190 valence electrons. The van der Waals surface area contributed by atoms with Crippen LogP contribution in [-0.2, 0) is 20.0 Å². The second kappa shape index (κ2) is 10.5.